The minimum absolute atomic E-state index is 0.187. The average molecular weight is 398 g/mol. The van der Waals surface area contributed by atoms with Crippen molar-refractivity contribution in [3.63, 3.8) is 0 Å². The third-order valence-electron chi connectivity index (χ3n) is 6.97. The average Bonchev–Trinajstić information content (AvgIpc) is 3.00. The first kappa shape index (κ1) is 20.9. The molecule has 0 spiro atoms. The third kappa shape index (κ3) is 6.37. The van der Waals surface area contributed by atoms with Crippen molar-refractivity contribution in [3.05, 3.63) is 0 Å². The molecular formula is C21H39N3O2S. The quantitative estimate of drug-likeness (QED) is 0.550. The van der Waals surface area contributed by atoms with E-state index < -0.39 is 9.84 Å². The Morgan fingerprint density at radius 1 is 1.00 bits per heavy atom. The highest BCUT2D eigenvalue weighted by Gasteiger charge is 2.29. The van der Waals surface area contributed by atoms with Crippen LogP contribution in [0.4, 0.5) is 0 Å². The van der Waals surface area contributed by atoms with Crippen molar-refractivity contribution < 1.29 is 8.42 Å². The third-order valence-corrected chi connectivity index (χ3v) is 8.81. The lowest BCUT2D eigenvalue weighted by Gasteiger charge is -2.34. The van der Waals surface area contributed by atoms with Gasteiger partial charge in [0.2, 0.25) is 0 Å². The molecule has 5 atom stereocenters. The Morgan fingerprint density at radius 3 is 2.52 bits per heavy atom. The molecule has 5 nitrogen and oxygen atoms in total. The number of hydrogen-bond donors (Lipinski definition) is 2. The van der Waals surface area contributed by atoms with Crippen LogP contribution in [0.25, 0.3) is 0 Å². The molecule has 6 heteroatoms. The van der Waals surface area contributed by atoms with E-state index in [0.717, 1.165) is 18.3 Å². The van der Waals surface area contributed by atoms with Gasteiger partial charge in [0, 0.05) is 18.6 Å². The van der Waals surface area contributed by atoms with Gasteiger partial charge in [0.25, 0.3) is 0 Å². The standard InChI is InChI=1S/C21H39N3O2S/c1-3-17-8-6-9-19(13-17)23-21(24-20-10-5-4-7-16(20)2)22-14-18-11-12-27(25,26)15-18/h16-20H,3-15H2,1-2H3,(H2,22,23,24). The van der Waals surface area contributed by atoms with E-state index in [0.29, 0.717) is 36.1 Å². The maximum Gasteiger partial charge on any atom is 0.191 e. The Morgan fingerprint density at radius 2 is 1.81 bits per heavy atom. The summed E-state index contributed by atoms with van der Waals surface area (Å²) in [6.45, 7) is 5.26. The van der Waals surface area contributed by atoms with E-state index in [1.165, 1.54) is 57.8 Å². The van der Waals surface area contributed by atoms with Gasteiger partial charge in [-0.15, -0.1) is 0 Å². The lowest BCUT2D eigenvalue weighted by Crippen LogP contribution is -2.51. The Hall–Kier alpha value is -0.780. The maximum absolute atomic E-state index is 11.8. The van der Waals surface area contributed by atoms with Crippen molar-refractivity contribution in [1.29, 1.82) is 0 Å². The second-order valence-corrected chi connectivity index (χ2v) is 11.5. The normalized spacial score (nSPS) is 37.1. The predicted octanol–water partition coefficient (Wildman–Crippen LogP) is 3.50. The van der Waals surface area contributed by atoms with Gasteiger partial charge >= 0.3 is 0 Å². The number of nitrogens with zero attached hydrogens (tertiary/aromatic N) is 1. The molecule has 2 saturated carbocycles. The molecule has 1 heterocycles. The number of aliphatic imine (C=N–C) groups is 1. The molecule has 27 heavy (non-hydrogen) atoms. The lowest BCUT2D eigenvalue weighted by molar-refractivity contribution is 0.287. The fourth-order valence-electron chi connectivity index (χ4n) is 5.06. The van der Waals surface area contributed by atoms with Gasteiger partial charge in [-0.05, 0) is 49.9 Å². The Balaban J connectivity index is 1.63. The molecule has 0 aromatic carbocycles. The number of hydrogen-bond acceptors (Lipinski definition) is 3. The van der Waals surface area contributed by atoms with Crippen LogP contribution in [0.1, 0.15) is 78.1 Å². The summed E-state index contributed by atoms with van der Waals surface area (Å²) in [4.78, 5) is 4.87. The molecule has 1 saturated heterocycles. The zero-order valence-electron chi connectivity index (χ0n) is 17.3. The van der Waals surface area contributed by atoms with Gasteiger partial charge in [0.1, 0.15) is 0 Å². The summed E-state index contributed by atoms with van der Waals surface area (Å²) in [7, 11) is -2.83. The molecule has 1 aliphatic heterocycles. The van der Waals surface area contributed by atoms with Crippen molar-refractivity contribution in [2.24, 2.45) is 22.7 Å². The summed E-state index contributed by atoms with van der Waals surface area (Å²) >= 11 is 0. The van der Waals surface area contributed by atoms with E-state index in [-0.39, 0.29) is 5.92 Å². The first-order chi connectivity index (χ1) is 12.9. The second-order valence-electron chi connectivity index (χ2n) is 9.25. The molecule has 156 valence electrons. The summed E-state index contributed by atoms with van der Waals surface area (Å²) in [5.74, 6) is 3.26. The van der Waals surface area contributed by atoms with E-state index in [4.69, 9.17) is 4.99 Å². The molecule has 0 amide bonds. The van der Waals surface area contributed by atoms with Crippen LogP contribution >= 0.6 is 0 Å². The minimum Gasteiger partial charge on any atom is -0.354 e. The number of guanidine groups is 1. The van der Waals surface area contributed by atoms with Crippen molar-refractivity contribution in [3.8, 4) is 0 Å². The minimum atomic E-state index is -2.83. The summed E-state index contributed by atoms with van der Waals surface area (Å²) in [5, 5.41) is 7.44. The van der Waals surface area contributed by atoms with Gasteiger partial charge in [-0.25, -0.2) is 8.42 Å². The summed E-state index contributed by atoms with van der Waals surface area (Å²) < 4.78 is 23.5. The number of sulfone groups is 1. The number of rotatable bonds is 5. The molecule has 2 N–H and O–H groups in total. The molecule has 3 rings (SSSR count). The van der Waals surface area contributed by atoms with Crippen LogP contribution in [0.3, 0.4) is 0 Å². The van der Waals surface area contributed by atoms with Crippen molar-refractivity contribution in [1.82, 2.24) is 10.6 Å². The van der Waals surface area contributed by atoms with Gasteiger partial charge in [-0.1, -0.05) is 46.0 Å². The smallest absolute Gasteiger partial charge is 0.191 e. The van der Waals surface area contributed by atoms with Gasteiger partial charge in [-0.2, -0.15) is 0 Å². The van der Waals surface area contributed by atoms with E-state index in [2.05, 4.69) is 24.5 Å². The Labute approximate surface area is 166 Å². The van der Waals surface area contributed by atoms with Crippen LogP contribution in [0.5, 0.6) is 0 Å². The molecule has 0 bridgehead atoms. The van der Waals surface area contributed by atoms with Crippen molar-refractivity contribution >= 4 is 15.8 Å². The maximum atomic E-state index is 11.8. The fraction of sp³-hybridized carbons (Fsp3) is 0.952. The van der Waals surface area contributed by atoms with Gasteiger partial charge < -0.3 is 10.6 Å². The lowest BCUT2D eigenvalue weighted by atomic mass is 9.84. The highest BCUT2D eigenvalue weighted by Crippen LogP contribution is 2.27. The fourth-order valence-corrected chi connectivity index (χ4v) is 6.91. The largest absolute Gasteiger partial charge is 0.354 e. The monoisotopic (exact) mass is 397 g/mol. The Bertz CT molecular complexity index is 605. The molecular weight excluding hydrogens is 358 g/mol. The van der Waals surface area contributed by atoms with Crippen molar-refractivity contribution in [2.45, 2.75) is 90.1 Å². The van der Waals surface area contributed by atoms with E-state index in [9.17, 15) is 8.42 Å². The number of nitrogens with one attached hydrogen (secondary N) is 2. The van der Waals surface area contributed by atoms with Crippen LogP contribution in [-0.2, 0) is 9.84 Å². The van der Waals surface area contributed by atoms with Crippen LogP contribution in [-0.4, -0.2) is 44.5 Å². The zero-order chi connectivity index (χ0) is 19.3. The van der Waals surface area contributed by atoms with Gasteiger partial charge in [0.05, 0.1) is 11.5 Å². The first-order valence-corrected chi connectivity index (χ1v) is 13.0. The molecule has 5 unspecified atom stereocenters. The first-order valence-electron chi connectivity index (χ1n) is 11.2. The second kappa shape index (κ2) is 9.62. The van der Waals surface area contributed by atoms with Crippen LogP contribution in [0.2, 0.25) is 0 Å². The topological polar surface area (TPSA) is 70.6 Å². The highest BCUT2D eigenvalue weighted by atomic mass is 32.2. The molecule has 3 fully saturated rings. The summed E-state index contributed by atoms with van der Waals surface area (Å²) in [5.41, 5.74) is 0. The zero-order valence-corrected chi connectivity index (χ0v) is 18.1. The van der Waals surface area contributed by atoms with Crippen LogP contribution in [0, 0.1) is 17.8 Å². The van der Waals surface area contributed by atoms with Crippen LogP contribution in [0.15, 0.2) is 4.99 Å². The van der Waals surface area contributed by atoms with E-state index in [1.54, 1.807) is 0 Å². The molecule has 3 aliphatic rings. The molecule has 0 radical (unpaired) electrons. The van der Waals surface area contributed by atoms with Gasteiger partial charge in [0.15, 0.2) is 15.8 Å². The van der Waals surface area contributed by atoms with Gasteiger partial charge in [-0.3, -0.25) is 4.99 Å². The van der Waals surface area contributed by atoms with E-state index in [1.807, 2.05) is 0 Å². The highest BCUT2D eigenvalue weighted by molar-refractivity contribution is 7.91. The molecule has 2 aliphatic carbocycles. The SMILES string of the molecule is CCC1CCCC(NC(=NCC2CCS(=O)(=O)C2)NC2CCCCC2C)C1. The Kier molecular flexibility index (Phi) is 7.46. The molecule has 0 aromatic rings. The summed E-state index contributed by atoms with van der Waals surface area (Å²) in [6.07, 6.45) is 12.2. The van der Waals surface area contributed by atoms with E-state index >= 15 is 0 Å². The van der Waals surface area contributed by atoms with Crippen LogP contribution < -0.4 is 10.6 Å². The molecule has 0 aromatic heterocycles. The predicted molar refractivity (Wildman–Crippen MR) is 113 cm³/mol. The summed E-state index contributed by atoms with van der Waals surface area (Å²) in [6, 6.07) is 0.990. The van der Waals surface area contributed by atoms with Crippen molar-refractivity contribution in [2.75, 3.05) is 18.1 Å².